The minimum Gasteiger partial charge on any atom is -0.358 e. The Balaban J connectivity index is 1.62. The Kier molecular flexibility index (Phi) is 2.92. The molecule has 0 saturated heterocycles. The number of carbonyl (C=O) groups excluding carboxylic acids is 1. The molecule has 2 aromatic heterocycles. The highest BCUT2D eigenvalue weighted by molar-refractivity contribution is 5.86. The van der Waals surface area contributed by atoms with E-state index >= 15 is 0 Å². The van der Waals surface area contributed by atoms with Gasteiger partial charge >= 0.3 is 0 Å². The number of para-hydroxylation sites is 1. The first-order valence-corrected chi connectivity index (χ1v) is 7.34. The summed E-state index contributed by atoms with van der Waals surface area (Å²) in [6, 6.07) is 7.84. The summed E-state index contributed by atoms with van der Waals surface area (Å²) in [7, 11) is 0. The molecule has 1 N–H and O–H groups in total. The SMILES string of the molecule is C[C@@H](C(=O)N1CCc2[nH]c3ccccc3c2C1)n1cnnn1. The lowest BCUT2D eigenvalue weighted by molar-refractivity contribution is -0.135. The number of rotatable bonds is 2. The largest absolute Gasteiger partial charge is 0.358 e. The molecule has 112 valence electrons. The molecule has 7 heteroatoms. The standard InChI is InChI=1S/C15H16N6O/c1-10(21-9-16-18-19-21)15(22)20-7-6-14-12(8-20)11-4-2-3-5-13(11)17-14/h2-5,9-10,17H,6-8H2,1H3/t10-/m0/s1. The van der Waals surface area contributed by atoms with Gasteiger partial charge in [0.05, 0.1) is 0 Å². The van der Waals surface area contributed by atoms with E-state index < -0.39 is 0 Å². The third-order valence-electron chi connectivity index (χ3n) is 4.31. The van der Waals surface area contributed by atoms with Crippen molar-refractivity contribution in [3.63, 3.8) is 0 Å². The predicted octanol–water partition coefficient (Wildman–Crippen LogP) is 1.30. The van der Waals surface area contributed by atoms with E-state index in [1.807, 2.05) is 24.0 Å². The number of aromatic nitrogens is 5. The zero-order valence-corrected chi connectivity index (χ0v) is 12.2. The maximum absolute atomic E-state index is 12.7. The zero-order valence-electron chi connectivity index (χ0n) is 12.2. The van der Waals surface area contributed by atoms with Crippen LogP contribution in [0.2, 0.25) is 0 Å². The minimum absolute atomic E-state index is 0.0447. The van der Waals surface area contributed by atoms with Gasteiger partial charge in [0.25, 0.3) is 0 Å². The molecule has 1 aromatic carbocycles. The lowest BCUT2D eigenvalue weighted by Gasteiger charge is -2.29. The number of hydrogen-bond donors (Lipinski definition) is 1. The smallest absolute Gasteiger partial charge is 0.247 e. The number of carbonyl (C=O) groups is 1. The van der Waals surface area contributed by atoms with Crippen molar-refractivity contribution in [1.82, 2.24) is 30.1 Å². The summed E-state index contributed by atoms with van der Waals surface area (Å²) in [4.78, 5) is 18.0. The molecular formula is C15H16N6O. The molecule has 1 amide bonds. The molecular weight excluding hydrogens is 280 g/mol. The maximum atomic E-state index is 12.7. The molecule has 22 heavy (non-hydrogen) atoms. The Morgan fingerprint density at radius 3 is 3.05 bits per heavy atom. The average molecular weight is 296 g/mol. The summed E-state index contributed by atoms with van der Waals surface area (Å²) < 4.78 is 1.49. The molecule has 3 aromatic rings. The molecule has 1 aliphatic rings. The fraction of sp³-hybridized carbons (Fsp3) is 0.333. The van der Waals surface area contributed by atoms with Crippen LogP contribution >= 0.6 is 0 Å². The second-order valence-electron chi connectivity index (χ2n) is 5.60. The van der Waals surface area contributed by atoms with Crippen LogP contribution in [0.15, 0.2) is 30.6 Å². The Morgan fingerprint density at radius 2 is 2.23 bits per heavy atom. The van der Waals surface area contributed by atoms with Crippen LogP contribution in [0, 0.1) is 0 Å². The van der Waals surface area contributed by atoms with Crippen LogP contribution in [-0.4, -0.2) is 42.5 Å². The van der Waals surface area contributed by atoms with E-state index in [1.165, 1.54) is 27.7 Å². The van der Waals surface area contributed by atoms with Crippen LogP contribution in [0.3, 0.4) is 0 Å². The van der Waals surface area contributed by atoms with Crippen LogP contribution in [0.4, 0.5) is 0 Å². The first kappa shape index (κ1) is 13.0. The highest BCUT2D eigenvalue weighted by Crippen LogP contribution is 2.28. The van der Waals surface area contributed by atoms with Crippen molar-refractivity contribution in [2.45, 2.75) is 25.9 Å². The fourth-order valence-electron chi connectivity index (χ4n) is 3.08. The minimum atomic E-state index is -0.387. The molecule has 1 atom stereocenters. The van der Waals surface area contributed by atoms with E-state index in [4.69, 9.17) is 0 Å². The van der Waals surface area contributed by atoms with Gasteiger partial charge in [0.15, 0.2) is 0 Å². The Bertz CT molecular complexity index is 822. The Morgan fingerprint density at radius 1 is 1.36 bits per heavy atom. The predicted molar refractivity (Wildman–Crippen MR) is 79.9 cm³/mol. The van der Waals surface area contributed by atoms with Crippen molar-refractivity contribution in [3.05, 3.63) is 41.9 Å². The van der Waals surface area contributed by atoms with Gasteiger partial charge in [-0.15, -0.1) is 5.10 Å². The zero-order chi connectivity index (χ0) is 15.1. The monoisotopic (exact) mass is 296 g/mol. The van der Waals surface area contributed by atoms with E-state index in [1.54, 1.807) is 0 Å². The summed E-state index contributed by atoms with van der Waals surface area (Å²) >= 11 is 0. The molecule has 0 unspecified atom stereocenters. The van der Waals surface area contributed by atoms with Gasteiger partial charge in [0.2, 0.25) is 5.91 Å². The number of fused-ring (bicyclic) bond motifs is 3. The topological polar surface area (TPSA) is 79.7 Å². The molecule has 0 fully saturated rings. The van der Waals surface area contributed by atoms with Crippen LogP contribution in [0.5, 0.6) is 0 Å². The van der Waals surface area contributed by atoms with Crippen molar-refractivity contribution in [1.29, 1.82) is 0 Å². The highest BCUT2D eigenvalue weighted by Gasteiger charge is 2.28. The van der Waals surface area contributed by atoms with Crippen molar-refractivity contribution in [3.8, 4) is 0 Å². The first-order valence-electron chi connectivity index (χ1n) is 7.34. The van der Waals surface area contributed by atoms with Gasteiger partial charge in [-0.05, 0) is 23.4 Å². The second kappa shape index (κ2) is 4.94. The Labute approximate surface area is 126 Å². The van der Waals surface area contributed by atoms with Gasteiger partial charge in [-0.3, -0.25) is 4.79 Å². The lowest BCUT2D eigenvalue weighted by atomic mass is 10.0. The molecule has 0 aliphatic carbocycles. The maximum Gasteiger partial charge on any atom is 0.247 e. The van der Waals surface area contributed by atoms with Crippen LogP contribution < -0.4 is 0 Å². The molecule has 4 rings (SSSR count). The number of aromatic amines is 1. The van der Waals surface area contributed by atoms with Crippen LogP contribution in [-0.2, 0) is 17.8 Å². The summed E-state index contributed by atoms with van der Waals surface area (Å²) in [5.41, 5.74) is 3.59. The summed E-state index contributed by atoms with van der Waals surface area (Å²) in [5, 5.41) is 12.2. The number of benzene rings is 1. The van der Waals surface area contributed by atoms with Crippen LogP contribution in [0.25, 0.3) is 10.9 Å². The highest BCUT2D eigenvalue weighted by atomic mass is 16.2. The number of hydrogen-bond acceptors (Lipinski definition) is 4. The molecule has 7 nitrogen and oxygen atoms in total. The van der Waals surface area contributed by atoms with E-state index in [0.29, 0.717) is 13.1 Å². The molecule has 0 spiro atoms. The number of nitrogens with one attached hydrogen (secondary N) is 1. The van der Waals surface area contributed by atoms with Crippen molar-refractivity contribution in [2.24, 2.45) is 0 Å². The van der Waals surface area contributed by atoms with Gasteiger partial charge < -0.3 is 9.88 Å². The average Bonchev–Trinajstić information content (AvgIpc) is 3.20. The summed E-state index contributed by atoms with van der Waals surface area (Å²) in [5.74, 6) is 0.0447. The van der Waals surface area contributed by atoms with Crippen molar-refractivity contribution < 1.29 is 4.79 Å². The van der Waals surface area contributed by atoms with Gasteiger partial charge in [-0.2, -0.15) is 0 Å². The quantitative estimate of drug-likeness (QED) is 0.773. The summed E-state index contributed by atoms with van der Waals surface area (Å²) in [6.45, 7) is 3.17. The number of H-pyrrole nitrogens is 1. The van der Waals surface area contributed by atoms with Gasteiger partial charge in [-0.25, -0.2) is 4.68 Å². The lowest BCUT2D eigenvalue weighted by Crippen LogP contribution is -2.39. The van der Waals surface area contributed by atoms with Gasteiger partial charge in [0, 0.05) is 41.7 Å². The first-order chi connectivity index (χ1) is 10.7. The van der Waals surface area contributed by atoms with E-state index in [0.717, 1.165) is 11.9 Å². The summed E-state index contributed by atoms with van der Waals surface area (Å²) in [6.07, 6.45) is 2.32. The number of tetrazole rings is 1. The Hall–Kier alpha value is -2.70. The normalized spacial score (nSPS) is 15.8. The third kappa shape index (κ3) is 1.97. The molecule has 3 heterocycles. The number of nitrogens with zero attached hydrogens (tertiary/aromatic N) is 5. The van der Waals surface area contributed by atoms with E-state index in [2.05, 4.69) is 32.6 Å². The van der Waals surface area contributed by atoms with Crippen molar-refractivity contribution >= 4 is 16.8 Å². The van der Waals surface area contributed by atoms with E-state index in [9.17, 15) is 4.79 Å². The molecule has 0 saturated carbocycles. The van der Waals surface area contributed by atoms with Gasteiger partial charge in [-0.1, -0.05) is 18.2 Å². The van der Waals surface area contributed by atoms with Gasteiger partial charge in [0.1, 0.15) is 12.4 Å². The number of amides is 1. The van der Waals surface area contributed by atoms with Crippen LogP contribution in [0.1, 0.15) is 24.2 Å². The molecule has 1 aliphatic heterocycles. The second-order valence-corrected chi connectivity index (χ2v) is 5.60. The molecule has 0 radical (unpaired) electrons. The third-order valence-corrected chi connectivity index (χ3v) is 4.31. The van der Waals surface area contributed by atoms with E-state index in [-0.39, 0.29) is 11.9 Å². The fourth-order valence-corrected chi connectivity index (χ4v) is 3.08. The molecule has 0 bridgehead atoms. The van der Waals surface area contributed by atoms with Crippen molar-refractivity contribution in [2.75, 3.05) is 6.54 Å².